The minimum Gasteiger partial charge on any atom is -0.339 e. The third-order valence-corrected chi connectivity index (χ3v) is 7.35. The number of rotatable bonds is 8. The zero-order valence-corrected chi connectivity index (χ0v) is 19.7. The van der Waals surface area contributed by atoms with Gasteiger partial charge in [0, 0.05) is 18.8 Å². The number of para-hydroxylation sites is 1. The molecule has 2 aliphatic rings. The Bertz CT molecular complexity index is 1010. The monoisotopic (exact) mass is 454 g/mol. The summed E-state index contributed by atoms with van der Waals surface area (Å²) in [5, 5.41) is 6.87. The van der Waals surface area contributed by atoms with E-state index in [1.807, 2.05) is 18.2 Å². The van der Waals surface area contributed by atoms with Crippen LogP contribution in [0, 0.1) is 0 Å². The van der Waals surface area contributed by atoms with E-state index in [-0.39, 0.29) is 11.9 Å². The summed E-state index contributed by atoms with van der Waals surface area (Å²) >= 11 is 0. The fourth-order valence-corrected chi connectivity index (χ4v) is 5.45. The molecule has 5 rings (SSSR count). The molecule has 2 N–H and O–H groups in total. The van der Waals surface area contributed by atoms with Crippen molar-refractivity contribution in [2.75, 3.05) is 37.7 Å². The summed E-state index contributed by atoms with van der Waals surface area (Å²) in [5.41, 5.74) is 3.32. The predicted molar refractivity (Wildman–Crippen MR) is 138 cm³/mol. The maximum atomic E-state index is 12.9. The van der Waals surface area contributed by atoms with Gasteiger partial charge in [-0.1, -0.05) is 78.9 Å². The SMILES string of the molecule is O=C1NCN(c2ccccc2)C12CCN(CCCNC(c1ccccc1)c1ccccc1)CC2. The van der Waals surface area contributed by atoms with Crippen molar-refractivity contribution < 1.29 is 4.79 Å². The van der Waals surface area contributed by atoms with E-state index in [2.05, 4.69) is 93.2 Å². The number of nitrogens with zero attached hydrogens (tertiary/aromatic N) is 2. The van der Waals surface area contributed by atoms with Crippen molar-refractivity contribution >= 4 is 11.6 Å². The third-order valence-electron chi connectivity index (χ3n) is 7.35. The van der Waals surface area contributed by atoms with Crippen LogP contribution in [0.4, 0.5) is 5.69 Å². The van der Waals surface area contributed by atoms with Crippen LogP contribution in [-0.4, -0.2) is 49.2 Å². The molecule has 0 radical (unpaired) electrons. The zero-order chi connectivity index (χ0) is 23.2. The van der Waals surface area contributed by atoms with Gasteiger partial charge in [-0.05, 0) is 55.6 Å². The number of amides is 1. The number of hydrogen-bond acceptors (Lipinski definition) is 4. The summed E-state index contributed by atoms with van der Waals surface area (Å²) in [4.78, 5) is 17.7. The Morgan fingerprint density at radius 3 is 1.97 bits per heavy atom. The van der Waals surface area contributed by atoms with Crippen LogP contribution >= 0.6 is 0 Å². The lowest BCUT2D eigenvalue weighted by molar-refractivity contribution is -0.125. The van der Waals surface area contributed by atoms with E-state index >= 15 is 0 Å². The van der Waals surface area contributed by atoms with E-state index < -0.39 is 5.54 Å². The van der Waals surface area contributed by atoms with E-state index in [0.29, 0.717) is 6.67 Å². The molecule has 0 aliphatic carbocycles. The van der Waals surface area contributed by atoms with Gasteiger partial charge in [-0.15, -0.1) is 0 Å². The summed E-state index contributed by atoms with van der Waals surface area (Å²) in [6, 6.07) is 31.9. The van der Waals surface area contributed by atoms with Gasteiger partial charge in [0.15, 0.2) is 0 Å². The summed E-state index contributed by atoms with van der Waals surface area (Å²) in [6.45, 7) is 4.52. The molecule has 176 valence electrons. The molecule has 5 nitrogen and oxygen atoms in total. The lowest BCUT2D eigenvalue weighted by Gasteiger charge is -2.43. The van der Waals surface area contributed by atoms with Crippen molar-refractivity contribution in [2.45, 2.75) is 30.8 Å². The van der Waals surface area contributed by atoms with Crippen LogP contribution in [-0.2, 0) is 4.79 Å². The maximum absolute atomic E-state index is 12.9. The highest BCUT2D eigenvalue weighted by atomic mass is 16.2. The normalized spacial score (nSPS) is 17.9. The smallest absolute Gasteiger partial charge is 0.247 e. The van der Waals surface area contributed by atoms with Gasteiger partial charge in [0.05, 0.1) is 12.7 Å². The molecule has 2 saturated heterocycles. The average Bonchev–Trinajstić information content (AvgIpc) is 3.22. The van der Waals surface area contributed by atoms with E-state index in [1.54, 1.807) is 0 Å². The Morgan fingerprint density at radius 1 is 0.824 bits per heavy atom. The molecule has 0 aromatic heterocycles. The number of hydrogen-bond donors (Lipinski definition) is 2. The second kappa shape index (κ2) is 10.4. The Labute approximate surface area is 202 Å². The number of anilines is 1. The zero-order valence-electron chi connectivity index (χ0n) is 19.7. The second-order valence-corrected chi connectivity index (χ2v) is 9.36. The molecule has 2 heterocycles. The van der Waals surface area contributed by atoms with Crippen molar-refractivity contribution in [3.05, 3.63) is 102 Å². The molecule has 1 amide bonds. The van der Waals surface area contributed by atoms with Crippen LogP contribution in [0.5, 0.6) is 0 Å². The Balaban J connectivity index is 1.15. The largest absolute Gasteiger partial charge is 0.339 e. The molecule has 2 fully saturated rings. The summed E-state index contributed by atoms with van der Waals surface area (Å²) < 4.78 is 0. The van der Waals surface area contributed by atoms with E-state index in [1.165, 1.54) is 11.1 Å². The molecule has 3 aromatic carbocycles. The number of carbonyl (C=O) groups is 1. The van der Waals surface area contributed by atoms with E-state index in [4.69, 9.17) is 0 Å². The van der Waals surface area contributed by atoms with Crippen LogP contribution in [0.25, 0.3) is 0 Å². The molecular formula is C29H34N4O. The molecule has 0 bridgehead atoms. The van der Waals surface area contributed by atoms with Crippen LogP contribution in [0.1, 0.15) is 36.4 Å². The molecule has 0 atom stereocenters. The minimum atomic E-state index is -0.401. The summed E-state index contributed by atoms with van der Waals surface area (Å²) in [7, 11) is 0. The first-order valence-corrected chi connectivity index (χ1v) is 12.4. The summed E-state index contributed by atoms with van der Waals surface area (Å²) in [6.07, 6.45) is 2.83. The third kappa shape index (κ3) is 4.72. The minimum absolute atomic E-state index is 0.186. The Morgan fingerprint density at radius 2 is 1.38 bits per heavy atom. The van der Waals surface area contributed by atoms with Crippen molar-refractivity contribution in [3.63, 3.8) is 0 Å². The molecule has 5 heteroatoms. The highest BCUT2D eigenvalue weighted by molar-refractivity contribution is 5.93. The van der Waals surface area contributed by atoms with Crippen LogP contribution in [0.15, 0.2) is 91.0 Å². The predicted octanol–water partition coefficient (Wildman–Crippen LogP) is 4.18. The quantitative estimate of drug-likeness (QED) is 0.501. The number of likely N-dealkylation sites (tertiary alicyclic amines) is 1. The highest BCUT2D eigenvalue weighted by Gasteiger charge is 2.50. The van der Waals surface area contributed by atoms with Gasteiger partial charge >= 0.3 is 0 Å². The van der Waals surface area contributed by atoms with Gasteiger partial charge in [-0.2, -0.15) is 0 Å². The first kappa shape index (κ1) is 22.6. The fourth-order valence-electron chi connectivity index (χ4n) is 5.45. The van der Waals surface area contributed by atoms with Gasteiger partial charge in [0.1, 0.15) is 5.54 Å². The molecule has 2 aliphatic heterocycles. The van der Waals surface area contributed by atoms with Gasteiger partial charge in [-0.25, -0.2) is 0 Å². The van der Waals surface area contributed by atoms with Crippen molar-refractivity contribution in [1.29, 1.82) is 0 Å². The first-order chi connectivity index (χ1) is 16.8. The van der Waals surface area contributed by atoms with Gasteiger partial charge in [0.2, 0.25) is 5.91 Å². The molecular weight excluding hydrogens is 420 g/mol. The number of piperidine rings is 1. The van der Waals surface area contributed by atoms with E-state index in [9.17, 15) is 4.79 Å². The molecule has 0 unspecified atom stereocenters. The van der Waals surface area contributed by atoms with Crippen molar-refractivity contribution in [3.8, 4) is 0 Å². The van der Waals surface area contributed by atoms with Gasteiger partial charge in [0.25, 0.3) is 0 Å². The lowest BCUT2D eigenvalue weighted by atomic mass is 9.85. The van der Waals surface area contributed by atoms with Crippen LogP contribution < -0.4 is 15.5 Å². The first-order valence-electron chi connectivity index (χ1n) is 12.4. The fraction of sp³-hybridized carbons (Fsp3) is 0.345. The average molecular weight is 455 g/mol. The molecule has 1 spiro atoms. The number of benzene rings is 3. The summed E-state index contributed by atoms with van der Waals surface area (Å²) in [5.74, 6) is 0.186. The van der Waals surface area contributed by atoms with Crippen LogP contribution in [0.2, 0.25) is 0 Å². The van der Waals surface area contributed by atoms with Gasteiger partial charge in [-0.3, -0.25) is 4.79 Å². The molecule has 34 heavy (non-hydrogen) atoms. The second-order valence-electron chi connectivity index (χ2n) is 9.36. The standard InChI is InChI=1S/C29H34N4O/c34-28-29(33(23-31-28)26-15-8-3-9-16-26)17-21-32(22-18-29)20-10-19-30-27(24-11-4-1-5-12-24)25-13-6-2-7-14-25/h1-9,11-16,27,30H,10,17-23H2,(H,31,34). The number of carbonyl (C=O) groups excluding carboxylic acids is 1. The molecule has 0 saturated carbocycles. The van der Waals surface area contributed by atoms with Crippen molar-refractivity contribution in [1.82, 2.24) is 15.5 Å². The van der Waals surface area contributed by atoms with Crippen LogP contribution in [0.3, 0.4) is 0 Å². The Hall–Kier alpha value is -3.15. The van der Waals surface area contributed by atoms with E-state index in [0.717, 1.165) is 51.1 Å². The molecule has 3 aromatic rings. The van der Waals surface area contributed by atoms with Gasteiger partial charge < -0.3 is 20.4 Å². The lowest BCUT2D eigenvalue weighted by Crippen LogP contribution is -2.56. The topological polar surface area (TPSA) is 47.6 Å². The van der Waals surface area contributed by atoms with Crippen molar-refractivity contribution in [2.24, 2.45) is 0 Å². The highest BCUT2D eigenvalue weighted by Crippen LogP contribution is 2.36. The Kier molecular flexibility index (Phi) is 6.93. The maximum Gasteiger partial charge on any atom is 0.247 e. The number of nitrogens with one attached hydrogen (secondary N) is 2.